The average Bonchev–Trinajstić information content (AvgIpc) is 3.40. The number of nitrogens with one attached hydrogen (secondary N) is 1. The molecule has 2 aliphatic heterocycles. The minimum Gasteiger partial charge on any atom is -0.366 e. The van der Waals surface area contributed by atoms with E-state index in [9.17, 15) is 0 Å². The molecule has 1 aromatic carbocycles. The van der Waals surface area contributed by atoms with Crippen molar-refractivity contribution in [3.05, 3.63) is 41.4 Å². The molecule has 0 amide bonds. The van der Waals surface area contributed by atoms with Gasteiger partial charge in [0, 0.05) is 42.6 Å². The molecule has 2 aromatic heterocycles. The Balaban J connectivity index is 1.33. The van der Waals surface area contributed by atoms with E-state index in [-0.39, 0.29) is 0 Å². The number of aromatic nitrogens is 4. The SMILES string of the molecule is CC(C)N1C[C@H]2C[C@@H]1CN2c1ccc(Nc2ncc(Br)n3ncnc23)cc1. The van der Waals surface area contributed by atoms with Crippen LogP contribution in [0.1, 0.15) is 20.3 Å². The van der Waals surface area contributed by atoms with Gasteiger partial charge in [-0.1, -0.05) is 0 Å². The number of piperazine rings is 1. The minimum atomic E-state index is 0.639. The first kappa shape index (κ1) is 16.9. The molecule has 3 aromatic rings. The van der Waals surface area contributed by atoms with Gasteiger partial charge in [-0.3, -0.25) is 4.90 Å². The van der Waals surface area contributed by atoms with Gasteiger partial charge < -0.3 is 10.2 Å². The van der Waals surface area contributed by atoms with Crippen LogP contribution in [0.4, 0.5) is 17.2 Å². The highest BCUT2D eigenvalue weighted by Crippen LogP contribution is 2.36. The summed E-state index contributed by atoms with van der Waals surface area (Å²) in [5, 5.41) is 7.55. The van der Waals surface area contributed by atoms with Gasteiger partial charge in [-0.25, -0.2) is 14.5 Å². The van der Waals surface area contributed by atoms with Crippen LogP contribution in [0.25, 0.3) is 5.65 Å². The smallest absolute Gasteiger partial charge is 0.199 e. The molecule has 2 saturated heterocycles. The summed E-state index contributed by atoms with van der Waals surface area (Å²) in [4.78, 5) is 13.9. The van der Waals surface area contributed by atoms with Crippen molar-refractivity contribution in [2.75, 3.05) is 23.3 Å². The van der Waals surface area contributed by atoms with Gasteiger partial charge in [-0.2, -0.15) is 5.10 Å². The van der Waals surface area contributed by atoms with E-state index in [1.165, 1.54) is 25.0 Å². The lowest BCUT2D eigenvalue weighted by Crippen LogP contribution is -2.48. The van der Waals surface area contributed by atoms with E-state index >= 15 is 0 Å². The van der Waals surface area contributed by atoms with Crippen LogP contribution in [0.3, 0.4) is 0 Å². The molecule has 0 unspecified atom stereocenters. The van der Waals surface area contributed by atoms with Crippen molar-refractivity contribution in [2.24, 2.45) is 0 Å². The van der Waals surface area contributed by atoms with Gasteiger partial charge >= 0.3 is 0 Å². The predicted octanol–water partition coefficient (Wildman–Crippen LogP) is 3.30. The average molecular weight is 428 g/mol. The van der Waals surface area contributed by atoms with Crippen molar-refractivity contribution in [1.29, 1.82) is 0 Å². The lowest BCUT2D eigenvalue weighted by molar-refractivity contribution is 0.191. The van der Waals surface area contributed by atoms with Crippen LogP contribution in [0.15, 0.2) is 41.4 Å². The Bertz CT molecular complexity index is 968. The summed E-state index contributed by atoms with van der Waals surface area (Å²) in [6.07, 6.45) is 4.53. The fraction of sp³-hybridized carbons (Fsp3) is 0.421. The van der Waals surface area contributed by atoms with Gasteiger partial charge in [0.05, 0.1) is 6.20 Å². The van der Waals surface area contributed by atoms with Gasteiger partial charge in [-0.05, 0) is 60.5 Å². The third kappa shape index (κ3) is 2.87. The third-order valence-electron chi connectivity index (χ3n) is 5.67. The molecule has 0 saturated carbocycles. The van der Waals surface area contributed by atoms with Crippen LogP contribution in [0, 0.1) is 0 Å². The van der Waals surface area contributed by atoms with Gasteiger partial charge in [0.2, 0.25) is 0 Å². The molecule has 2 bridgehead atoms. The van der Waals surface area contributed by atoms with Crippen molar-refractivity contribution in [1.82, 2.24) is 24.5 Å². The molecule has 0 radical (unpaired) electrons. The number of anilines is 3. The lowest BCUT2D eigenvalue weighted by Gasteiger charge is -2.37. The molecular weight excluding hydrogens is 406 g/mol. The molecule has 7 nitrogen and oxygen atoms in total. The van der Waals surface area contributed by atoms with Gasteiger partial charge in [0.15, 0.2) is 11.5 Å². The van der Waals surface area contributed by atoms with Crippen LogP contribution in [-0.2, 0) is 0 Å². The summed E-state index contributed by atoms with van der Waals surface area (Å²) in [5.41, 5.74) is 2.98. The summed E-state index contributed by atoms with van der Waals surface area (Å²) in [6.45, 7) is 6.91. The second-order valence-corrected chi connectivity index (χ2v) is 8.40. The van der Waals surface area contributed by atoms with Crippen LogP contribution >= 0.6 is 15.9 Å². The van der Waals surface area contributed by atoms with Gasteiger partial charge in [-0.15, -0.1) is 0 Å². The Morgan fingerprint density at radius 3 is 2.63 bits per heavy atom. The Morgan fingerprint density at radius 1 is 1.11 bits per heavy atom. The number of hydrogen-bond donors (Lipinski definition) is 1. The number of nitrogens with zero attached hydrogens (tertiary/aromatic N) is 6. The molecule has 2 atom stereocenters. The van der Waals surface area contributed by atoms with E-state index in [1.807, 2.05) is 0 Å². The number of likely N-dealkylation sites (tertiary alicyclic amines) is 1. The van der Waals surface area contributed by atoms with Gasteiger partial charge in [0.25, 0.3) is 0 Å². The molecular formula is C19H22BrN7. The highest BCUT2D eigenvalue weighted by Gasteiger charge is 2.43. The van der Waals surface area contributed by atoms with Crippen LogP contribution in [-0.4, -0.2) is 55.7 Å². The maximum absolute atomic E-state index is 4.43. The molecule has 0 aliphatic carbocycles. The fourth-order valence-electron chi connectivity index (χ4n) is 4.40. The molecule has 4 heterocycles. The summed E-state index contributed by atoms with van der Waals surface area (Å²) >= 11 is 3.43. The first-order valence-electron chi connectivity index (χ1n) is 9.34. The van der Waals surface area contributed by atoms with E-state index in [2.05, 4.69) is 84.2 Å². The van der Waals surface area contributed by atoms with E-state index in [1.54, 1.807) is 10.7 Å². The minimum absolute atomic E-state index is 0.639. The van der Waals surface area contributed by atoms with E-state index in [4.69, 9.17) is 0 Å². The normalized spacial score (nSPS) is 22.3. The number of halogens is 1. The molecule has 27 heavy (non-hydrogen) atoms. The molecule has 1 N–H and O–H groups in total. The number of benzene rings is 1. The first-order valence-corrected chi connectivity index (χ1v) is 10.1. The Hall–Kier alpha value is -2.19. The van der Waals surface area contributed by atoms with E-state index < -0.39 is 0 Å². The molecule has 0 spiro atoms. The quantitative estimate of drug-likeness (QED) is 0.688. The lowest BCUT2D eigenvalue weighted by atomic mass is 10.2. The maximum Gasteiger partial charge on any atom is 0.199 e. The van der Waals surface area contributed by atoms with E-state index in [0.717, 1.165) is 16.8 Å². The zero-order valence-corrected chi connectivity index (χ0v) is 17.0. The topological polar surface area (TPSA) is 61.6 Å². The zero-order chi connectivity index (χ0) is 18.5. The standard InChI is InChI=1S/C19H22BrN7/c1-12(2)25-9-16-7-15(25)10-26(16)14-5-3-13(4-6-14)24-18-19-22-11-23-27(19)17(20)8-21-18/h3-6,8,11-12,15-16H,7,9-10H2,1-2H3,(H,21,24)/t15-,16-/m1/s1. The second kappa shape index (κ2) is 6.45. The van der Waals surface area contributed by atoms with E-state index in [0.29, 0.717) is 29.6 Å². The monoisotopic (exact) mass is 427 g/mol. The highest BCUT2D eigenvalue weighted by atomic mass is 79.9. The molecule has 2 aliphatic rings. The summed E-state index contributed by atoms with van der Waals surface area (Å²) < 4.78 is 2.49. The van der Waals surface area contributed by atoms with Crippen LogP contribution in [0.5, 0.6) is 0 Å². The largest absolute Gasteiger partial charge is 0.366 e. The van der Waals surface area contributed by atoms with Crippen molar-refractivity contribution in [3.8, 4) is 0 Å². The molecule has 2 fully saturated rings. The summed E-state index contributed by atoms with van der Waals surface area (Å²) in [7, 11) is 0. The van der Waals surface area contributed by atoms with Crippen molar-refractivity contribution < 1.29 is 0 Å². The van der Waals surface area contributed by atoms with Crippen molar-refractivity contribution >= 4 is 38.8 Å². The zero-order valence-electron chi connectivity index (χ0n) is 15.4. The predicted molar refractivity (Wildman–Crippen MR) is 110 cm³/mol. The Morgan fingerprint density at radius 2 is 1.93 bits per heavy atom. The first-order chi connectivity index (χ1) is 13.1. The summed E-state index contributed by atoms with van der Waals surface area (Å²) in [6, 6.07) is 10.6. The highest BCUT2D eigenvalue weighted by molar-refractivity contribution is 9.10. The van der Waals surface area contributed by atoms with Crippen LogP contribution < -0.4 is 10.2 Å². The number of hydrogen-bond acceptors (Lipinski definition) is 6. The molecule has 8 heteroatoms. The van der Waals surface area contributed by atoms with Gasteiger partial charge in [0.1, 0.15) is 10.9 Å². The molecule has 5 rings (SSSR count). The molecule has 140 valence electrons. The Kier molecular flexibility index (Phi) is 4.05. The maximum atomic E-state index is 4.43. The van der Waals surface area contributed by atoms with Crippen LogP contribution in [0.2, 0.25) is 0 Å². The van der Waals surface area contributed by atoms with Crippen molar-refractivity contribution in [3.63, 3.8) is 0 Å². The number of fused-ring (bicyclic) bond motifs is 3. The number of rotatable bonds is 4. The Labute approximate surface area is 166 Å². The third-order valence-corrected chi connectivity index (χ3v) is 6.21. The second-order valence-electron chi connectivity index (χ2n) is 7.58. The summed E-state index contributed by atoms with van der Waals surface area (Å²) in [5.74, 6) is 0.691. The van der Waals surface area contributed by atoms with Crippen molar-refractivity contribution in [2.45, 2.75) is 38.4 Å². The fourth-order valence-corrected chi connectivity index (χ4v) is 4.76.